The summed E-state index contributed by atoms with van der Waals surface area (Å²) < 4.78 is 90.8. The van der Waals surface area contributed by atoms with Gasteiger partial charge >= 0.3 is 14.1 Å². The van der Waals surface area contributed by atoms with Crippen molar-refractivity contribution in [1.82, 2.24) is 4.83 Å². The molecule has 2 atom stereocenters. The summed E-state index contributed by atoms with van der Waals surface area (Å²) >= 11 is 0. The summed E-state index contributed by atoms with van der Waals surface area (Å²) in [5, 5.41) is 0. The number of para-hydroxylation sites is 1. The van der Waals surface area contributed by atoms with Gasteiger partial charge in [0.1, 0.15) is 4.83 Å². The predicted octanol–water partition coefficient (Wildman–Crippen LogP) is 5.05. The lowest BCUT2D eigenvalue weighted by Crippen LogP contribution is -2.39. The van der Waals surface area contributed by atoms with Crippen molar-refractivity contribution >= 4 is 14.1 Å². The van der Waals surface area contributed by atoms with Crippen LogP contribution in [0.2, 0.25) is 0 Å². The van der Waals surface area contributed by atoms with Crippen LogP contribution in [0.25, 0.3) is 0 Å². The Labute approximate surface area is 169 Å². The van der Waals surface area contributed by atoms with Crippen LogP contribution >= 0.6 is 8.18 Å². The molecular formula is C18H16F5NO5P+. The molecule has 30 heavy (non-hydrogen) atoms. The van der Waals surface area contributed by atoms with Crippen LogP contribution in [0.4, 0.5) is 22.0 Å². The molecule has 2 aromatic carbocycles. The molecule has 2 rings (SSSR count). The molecule has 0 fully saturated rings. The van der Waals surface area contributed by atoms with Crippen molar-refractivity contribution in [2.75, 3.05) is 0 Å². The van der Waals surface area contributed by atoms with E-state index in [-0.39, 0.29) is 10.6 Å². The van der Waals surface area contributed by atoms with Gasteiger partial charge in [-0.2, -0.15) is 8.78 Å². The Morgan fingerprint density at radius 2 is 1.40 bits per heavy atom. The lowest BCUT2D eigenvalue weighted by atomic mass is 10.3. The zero-order valence-corrected chi connectivity index (χ0v) is 16.8. The number of benzene rings is 2. The minimum absolute atomic E-state index is 0.0223. The molecule has 1 unspecified atom stereocenters. The van der Waals surface area contributed by atoms with Gasteiger partial charge in [0.15, 0.2) is 11.8 Å². The van der Waals surface area contributed by atoms with Gasteiger partial charge in [-0.05, 0) is 32.9 Å². The zero-order chi connectivity index (χ0) is 22.6. The summed E-state index contributed by atoms with van der Waals surface area (Å²) in [5.74, 6) is -14.4. The van der Waals surface area contributed by atoms with Crippen LogP contribution in [-0.4, -0.2) is 22.9 Å². The molecule has 0 saturated carbocycles. The maximum atomic E-state index is 14.0. The van der Waals surface area contributed by atoms with E-state index in [1.807, 2.05) is 0 Å². The Bertz CT molecular complexity index is 915. The van der Waals surface area contributed by atoms with Crippen molar-refractivity contribution in [2.45, 2.75) is 32.9 Å². The highest BCUT2D eigenvalue weighted by atomic mass is 31.1. The predicted molar refractivity (Wildman–Crippen MR) is 94.1 cm³/mol. The van der Waals surface area contributed by atoms with Crippen molar-refractivity contribution in [2.24, 2.45) is 0 Å². The van der Waals surface area contributed by atoms with Gasteiger partial charge in [0.25, 0.3) is 0 Å². The number of hydroxylamine groups is 1. The number of ether oxygens (including phenoxy) is 1. The molecule has 0 heterocycles. The van der Waals surface area contributed by atoms with Crippen LogP contribution in [0.1, 0.15) is 20.8 Å². The molecule has 0 aromatic heterocycles. The second-order valence-corrected chi connectivity index (χ2v) is 7.15. The van der Waals surface area contributed by atoms with Crippen molar-refractivity contribution in [1.29, 1.82) is 0 Å². The van der Waals surface area contributed by atoms with E-state index in [1.165, 1.54) is 38.1 Å². The van der Waals surface area contributed by atoms with E-state index in [0.29, 0.717) is 0 Å². The molecule has 162 valence electrons. The first-order chi connectivity index (χ1) is 14.0. The molecule has 6 nitrogen and oxygen atoms in total. The summed E-state index contributed by atoms with van der Waals surface area (Å²) in [4.78, 5) is 17.1. The standard InChI is InChI=1S/C18H16F5NO5P/c1-9(2)27-18(25)10(3)24(30(26)29-11-7-5-4-6-8-11)28-17-15(22)13(20)12(19)14(21)16(17)23/h4-10H,1-3H3/q+1/t10-/m0/s1. The number of hydrogen-bond acceptors (Lipinski definition) is 5. The highest BCUT2D eigenvalue weighted by Crippen LogP contribution is 2.37. The molecule has 0 spiro atoms. The number of rotatable bonds is 8. The maximum absolute atomic E-state index is 14.0. The van der Waals surface area contributed by atoms with E-state index in [0.717, 1.165) is 6.92 Å². The van der Waals surface area contributed by atoms with E-state index in [1.54, 1.807) is 6.07 Å². The van der Waals surface area contributed by atoms with Gasteiger partial charge in [-0.3, -0.25) is 4.79 Å². The van der Waals surface area contributed by atoms with E-state index in [2.05, 4.69) is 0 Å². The molecule has 0 aliphatic carbocycles. The van der Waals surface area contributed by atoms with Gasteiger partial charge in [0, 0.05) is 4.57 Å². The first-order valence-electron chi connectivity index (χ1n) is 8.43. The summed E-state index contributed by atoms with van der Waals surface area (Å²) in [7, 11) is -3.20. The van der Waals surface area contributed by atoms with Crippen LogP contribution in [0, 0.1) is 29.1 Å². The zero-order valence-electron chi connectivity index (χ0n) is 15.9. The maximum Gasteiger partial charge on any atom is 0.703 e. The SMILES string of the molecule is CC(C)OC(=O)[C@H](C)N(Oc1c(F)c(F)c(F)c(F)c1F)[P+](=O)Oc1ccccc1. The van der Waals surface area contributed by atoms with Gasteiger partial charge in [-0.1, -0.05) is 18.2 Å². The van der Waals surface area contributed by atoms with Crippen LogP contribution < -0.4 is 9.36 Å². The first-order valence-corrected chi connectivity index (χ1v) is 9.56. The molecule has 0 N–H and O–H groups in total. The average molecular weight is 452 g/mol. The minimum atomic E-state index is -3.20. The molecular weight excluding hydrogens is 436 g/mol. The molecule has 0 bridgehead atoms. The Kier molecular flexibility index (Phi) is 7.69. The van der Waals surface area contributed by atoms with Crippen LogP contribution in [-0.2, 0) is 14.1 Å². The fourth-order valence-corrected chi connectivity index (χ4v) is 2.95. The molecule has 0 aliphatic rings. The molecule has 2 aromatic rings. The van der Waals surface area contributed by atoms with Crippen molar-refractivity contribution in [3.8, 4) is 11.5 Å². The van der Waals surface area contributed by atoms with Gasteiger partial charge in [-0.15, -0.1) is 0 Å². The van der Waals surface area contributed by atoms with Gasteiger partial charge in [-0.25, -0.2) is 17.7 Å². The van der Waals surface area contributed by atoms with Gasteiger partial charge in [0.2, 0.25) is 34.8 Å². The molecule has 0 aliphatic heterocycles. The number of nitrogens with zero attached hydrogens (tertiary/aromatic N) is 1. The number of hydrogen-bond donors (Lipinski definition) is 0. The number of halogens is 5. The number of carbonyl (C=O) groups excluding carboxylic acids is 1. The quantitative estimate of drug-likeness (QED) is 0.139. The smallest absolute Gasteiger partial charge is 0.462 e. The second kappa shape index (κ2) is 9.82. The van der Waals surface area contributed by atoms with Crippen LogP contribution in [0.5, 0.6) is 11.5 Å². The Hall–Kier alpha value is -2.78. The van der Waals surface area contributed by atoms with Crippen molar-refractivity contribution in [3.05, 3.63) is 59.4 Å². The molecule has 12 heteroatoms. The fourth-order valence-electron chi connectivity index (χ4n) is 2.04. The monoisotopic (exact) mass is 452 g/mol. The normalized spacial score (nSPS) is 12.7. The third-order valence-corrected chi connectivity index (χ3v) is 4.58. The lowest BCUT2D eigenvalue weighted by Gasteiger charge is -2.19. The number of esters is 1. The lowest BCUT2D eigenvalue weighted by molar-refractivity contribution is -0.158. The minimum Gasteiger partial charge on any atom is -0.462 e. The second-order valence-electron chi connectivity index (χ2n) is 6.10. The fraction of sp³-hybridized carbons (Fsp3) is 0.278. The molecule has 0 amide bonds. The Morgan fingerprint density at radius 1 is 0.900 bits per heavy atom. The van der Waals surface area contributed by atoms with Gasteiger partial charge < -0.3 is 9.57 Å². The van der Waals surface area contributed by atoms with Crippen LogP contribution in [0.3, 0.4) is 0 Å². The van der Waals surface area contributed by atoms with E-state index < -0.39 is 61.1 Å². The summed E-state index contributed by atoms with van der Waals surface area (Å²) in [5.41, 5.74) is 0. The van der Waals surface area contributed by atoms with E-state index >= 15 is 0 Å². The Morgan fingerprint density at radius 3 is 1.90 bits per heavy atom. The van der Waals surface area contributed by atoms with Crippen molar-refractivity contribution in [3.63, 3.8) is 0 Å². The topological polar surface area (TPSA) is 65.1 Å². The highest BCUT2D eigenvalue weighted by molar-refractivity contribution is 7.36. The average Bonchev–Trinajstić information content (AvgIpc) is 2.70. The van der Waals surface area contributed by atoms with Crippen molar-refractivity contribution < 1.29 is 45.4 Å². The largest absolute Gasteiger partial charge is 0.703 e. The third kappa shape index (κ3) is 5.22. The van der Waals surface area contributed by atoms with Gasteiger partial charge in [0.05, 0.1) is 6.10 Å². The summed E-state index contributed by atoms with van der Waals surface area (Å²) in [6.07, 6.45) is -0.621. The summed E-state index contributed by atoms with van der Waals surface area (Å²) in [6.45, 7) is 4.08. The highest BCUT2D eigenvalue weighted by Gasteiger charge is 2.46. The Balaban J connectivity index is 2.44. The molecule has 0 saturated heterocycles. The molecule has 0 radical (unpaired) electrons. The third-order valence-electron chi connectivity index (χ3n) is 3.47. The van der Waals surface area contributed by atoms with Crippen LogP contribution in [0.15, 0.2) is 30.3 Å². The first kappa shape index (κ1) is 23.5. The summed E-state index contributed by atoms with van der Waals surface area (Å²) in [6, 6.07) is 5.79. The van der Waals surface area contributed by atoms with E-state index in [4.69, 9.17) is 14.1 Å². The van der Waals surface area contributed by atoms with E-state index in [9.17, 15) is 31.3 Å². The number of carbonyl (C=O) groups is 1.